The zero-order chi connectivity index (χ0) is 9.84. The van der Waals surface area contributed by atoms with E-state index in [-0.39, 0.29) is 11.7 Å². The summed E-state index contributed by atoms with van der Waals surface area (Å²) in [4.78, 5) is 10.4. The van der Waals surface area contributed by atoms with E-state index in [1.165, 1.54) is 12.1 Å². The molecule has 0 spiro atoms. The molecule has 1 heterocycles. The van der Waals surface area contributed by atoms with Crippen molar-refractivity contribution in [2.75, 3.05) is 0 Å². The molecule has 13 heavy (non-hydrogen) atoms. The van der Waals surface area contributed by atoms with Crippen LogP contribution in [0.15, 0.2) is 16.5 Å². The average molecular weight is 180 g/mol. The topological polar surface area (TPSA) is 59.7 Å². The van der Waals surface area contributed by atoms with Crippen LogP contribution in [-0.4, -0.2) is 17.2 Å². The quantitative estimate of drug-likeness (QED) is 0.714. The fourth-order valence-corrected chi connectivity index (χ4v) is 0.707. The number of carbonyl (C=O) groups is 1. The molecule has 0 bridgehead atoms. The largest absolute Gasteiger partial charge is 0.475 e. The molecule has 0 aromatic carbocycles. The highest BCUT2D eigenvalue weighted by Gasteiger charge is 2.10. The first-order valence-corrected chi connectivity index (χ1v) is 3.59. The highest BCUT2D eigenvalue weighted by atomic mass is 16.6. The molecule has 0 radical (unpaired) electrons. The lowest BCUT2D eigenvalue weighted by molar-refractivity contribution is 0.0651. The fraction of sp³-hybridized carbons (Fsp3) is 0.222. The van der Waals surface area contributed by atoms with E-state index in [0.29, 0.717) is 0 Å². The molecule has 68 valence electrons. The van der Waals surface area contributed by atoms with E-state index >= 15 is 0 Å². The molecule has 1 aromatic heterocycles. The molecule has 4 nitrogen and oxygen atoms in total. The number of rotatable bonds is 3. The van der Waals surface area contributed by atoms with Gasteiger partial charge in [0.1, 0.15) is 0 Å². The zero-order valence-electron chi connectivity index (χ0n) is 6.98. The van der Waals surface area contributed by atoms with Crippen molar-refractivity contribution in [1.29, 1.82) is 0 Å². The molecule has 0 amide bonds. The third kappa shape index (κ3) is 2.27. The van der Waals surface area contributed by atoms with Gasteiger partial charge in [0.05, 0.1) is 0 Å². The van der Waals surface area contributed by atoms with Crippen molar-refractivity contribution in [3.05, 3.63) is 17.9 Å². The Labute approximate surface area is 75.1 Å². The van der Waals surface area contributed by atoms with E-state index in [0.717, 1.165) is 0 Å². The number of carboxylic acids is 1. The summed E-state index contributed by atoms with van der Waals surface area (Å²) in [5.74, 6) is 1.13. The predicted octanol–water partition coefficient (Wildman–Crippen LogP) is 1.38. The van der Waals surface area contributed by atoms with E-state index < -0.39 is 12.1 Å². The molecule has 1 N–H and O–H groups in total. The smallest absolute Gasteiger partial charge is 0.371 e. The molecular weight excluding hydrogens is 172 g/mol. The number of hydrogen-bond donors (Lipinski definition) is 1. The van der Waals surface area contributed by atoms with Gasteiger partial charge in [0.2, 0.25) is 5.76 Å². The van der Waals surface area contributed by atoms with E-state index in [2.05, 4.69) is 5.92 Å². The third-order valence-electron chi connectivity index (χ3n) is 1.32. The third-order valence-corrected chi connectivity index (χ3v) is 1.32. The molecule has 0 aliphatic heterocycles. The van der Waals surface area contributed by atoms with Crippen molar-refractivity contribution >= 4 is 5.97 Å². The molecule has 0 aliphatic carbocycles. The van der Waals surface area contributed by atoms with Crippen molar-refractivity contribution in [2.24, 2.45) is 0 Å². The maximum absolute atomic E-state index is 10.4. The van der Waals surface area contributed by atoms with Crippen LogP contribution < -0.4 is 4.74 Å². The Bertz CT molecular complexity index is 345. The second-order valence-corrected chi connectivity index (χ2v) is 2.35. The van der Waals surface area contributed by atoms with Gasteiger partial charge in [0, 0.05) is 6.07 Å². The Morgan fingerprint density at radius 1 is 1.77 bits per heavy atom. The van der Waals surface area contributed by atoms with Crippen LogP contribution in [0.25, 0.3) is 0 Å². The number of hydrogen-bond acceptors (Lipinski definition) is 3. The van der Waals surface area contributed by atoms with Crippen molar-refractivity contribution in [3.63, 3.8) is 0 Å². The first kappa shape index (κ1) is 9.20. The van der Waals surface area contributed by atoms with Gasteiger partial charge in [-0.3, -0.25) is 0 Å². The first-order valence-electron chi connectivity index (χ1n) is 3.59. The Balaban J connectivity index is 2.70. The van der Waals surface area contributed by atoms with Crippen LogP contribution in [-0.2, 0) is 0 Å². The van der Waals surface area contributed by atoms with Crippen molar-refractivity contribution in [2.45, 2.75) is 13.0 Å². The summed E-state index contributed by atoms with van der Waals surface area (Å²) in [6.45, 7) is 1.66. The van der Waals surface area contributed by atoms with Gasteiger partial charge in [-0.2, -0.15) is 0 Å². The normalized spacial score (nSPS) is 11.7. The molecule has 1 rings (SSSR count). The number of furan rings is 1. The Morgan fingerprint density at radius 3 is 2.92 bits per heavy atom. The average Bonchev–Trinajstić information content (AvgIpc) is 2.52. The highest BCUT2D eigenvalue weighted by Crippen LogP contribution is 2.16. The summed E-state index contributed by atoms with van der Waals surface area (Å²) in [6.07, 6.45) is 4.62. The van der Waals surface area contributed by atoms with Crippen molar-refractivity contribution in [1.82, 2.24) is 0 Å². The first-order chi connectivity index (χ1) is 6.13. The number of aromatic carboxylic acids is 1. The molecule has 0 fully saturated rings. The minimum Gasteiger partial charge on any atom is -0.475 e. The number of carboxylic acid groups (broad SMARTS) is 1. The van der Waals surface area contributed by atoms with Crippen LogP contribution in [0.2, 0.25) is 0 Å². The van der Waals surface area contributed by atoms with Gasteiger partial charge >= 0.3 is 5.97 Å². The van der Waals surface area contributed by atoms with Gasteiger partial charge < -0.3 is 14.3 Å². The lowest BCUT2D eigenvalue weighted by Gasteiger charge is -2.03. The number of terminal acetylenes is 1. The van der Waals surface area contributed by atoms with Crippen molar-refractivity contribution in [3.8, 4) is 18.3 Å². The maximum atomic E-state index is 10.4. The van der Waals surface area contributed by atoms with Gasteiger partial charge in [-0.15, -0.1) is 6.42 Å². The number of ether oxygens (including phenoxy) is 1. The molecular formula is C9H8O4. The predicted molar refractivity (Wildman–Crippen MR) is 44.6 cm³/mol. The van der Waals surface area contributed by atoms with Crippen LogP contribution in [0, 0.1) is 12.3 Å². The summed E-state index contributed by atoms with van der Waals surface area (Å²) in [5.41, 5.74) is 0. The van der Waals surface area contributed by atoms with Gasteiger partial charge in [-0.1, -0.05) is 5.92 Å². The van der Waals surface area contributed by atoms with Crippen LogP contribution in [0.3, 0.4) is 0 Å². The molecule has 1 unspecified atom stereocenters. The monoisotopic (exact) mass is 180 g/mol. The molecule has 1 aromatic rings. The second kappa shape index (κ2) is 3.68. The summed E-state index contributed by atoms with van der Waals surface area (Å²) in [6, 6.07) is 2.72. The van der Waals surface area contributed by atoms with Crippen LogP contribution in [0.4, 0.5) is 0 Å². The summed E-state index contributed by atoms with van der Waals surface area (Å²) < 4.78 is 9.83. The van der Waals surface area contributed by atoms with Crippen LogP contribution in [0.1, 0.15) is 17.5 Å². The minimum absolute atomic E-state index is 0.114. The van der Waals surface area contributed by atoms with E-state index in [4.69, 9.17) is 20.7 Å². The van der Waals surface area contributed by atoms with Gasteiger partial charge in [0.15, 0.2) is 6.10 Å². The summed E-state index contributed by atoms with van der Waals surface area (Å²) in [7, 11) is 0. The van der Waals surface area contributed by atoms with Gasteiger partial charge in [0.25, 0.3) is 5.95 Å². The van der Waals surface area contributed by atoms with E-state index in [9.17, 15) is 4.79 Å². The van der Waals surface area contributed by atoms with Crippen LogP contribution in [0.5, 0.6) is 5.95 Å². The van der Waals surface area contributed by atoms with Gasteiger partial charge in [-0.25, -0.2) is 4.79 Å². The highest BCUT2D eigenvalue weighted by molar-refractivity contribution is 5.84. The summed E-state index contributed by atoms with van der Waals surface area (Å²) in [5, 5.41) is 8.50. The van der Waals surface area contributed by atoms with Crippen molar-refractivity contribution < 1.29 is 19.1 Å². The lowest BCUT2D eigenvalue weighted by atomic mass is 10.4. The Kier molecular flexibility index (Phi) is 2.60. The molecule has 4 heteroatoms. The Hall–Kier alpha value is -1.89. The lowest BCUT2D eigenvalue weighted by Crippen LogP contribution is -2.07. The SMILES string of the molecule is C#CC(C)Oc1ccc(C(=O)O)o1. The van der Waals surface area contributed by atoms with Crippen LogP contribution >= 0.6 is 0 Å². The maximum Gasteiger partial charge on any atom is 0.371 e. The zero-order valence-corrected chi connectivity index (χ0v) is 6.98. The Morgan fingerprint density at radius 2 is 2.46 bits per heavy atom. The molecule has 0 aliphatic rings. The molecule has 0 saturated heterocycles. The molecule has 0 saturated carbocycles. The van der Waals surface area contributed by atoms with E-state index in [1.807, 2.05) is 0 Å². The standard InChI is InChI=1S/C9H8O4/c1-3-6(2)12-8-5-4-7(13-8)9(10)11/h1,4-6H,2H3,(H,10,11). The molecule has 1 atom stereocenters. The van der Waals surface area contributed by atoms with Gasteiger partial charge in [-0.05, 0) is 13.0 Å². The summed E-state index contributed by atoms with van der Waals surface area (Å²) >= 11 is 0. The second-order valence-electron chi connectivity index (χ2n) is 2.35. The van der Waals surface area contributed by atoms with E-state index in [1.54, 1.807) is 6.92 Å². The fourth-order valence-electron chi connectivity index (χ4n) is 0.707. The minimum atomic E-state index is -1.14.